The highest BCUT2D eigenvalue weighted by atomic mass is 35.5. The van der Waals surface area contributed by atoms with Gasteiger partial charge >= 0.3 is 0 Å². The van der Waals surface area contributed by atoms with Gasteiger partial charge in [-0.15, -0.1) is 11.6 Å². The van der Waals surface area contributed by atoms with Gasteiger partial charge in [0, 0.05) is 38.1 Å². The van der Waals surface area contributed by atoms with E-state index in [0.29, 0.717) is 18.2 Å². The Balaban J connectivity index is 2.00. The molecule has 1 fully saturated rings. The SMILES string of the molecule is Fc1cc2c(cc1Cl)nc(CCCl)n2CC1CCOCC1. The zero-order valence-corrected chi connectivity index (χ0v) is 13.1. The lowest BCUT2D eigenvalue weighted by Crippen LogP contribution is -2.21. The third kappa shape index (κ3) is 3.17. The predicted octanol–water partition coefficient (Wildman–Crippen LogP) is 4.04. The molecule has 0 N–H and O–H groups in total. The molecule has 0 unspecified atom stereocenters. The first-order valence-electron chi connectivity index (χ1n) is 7.17. The topological polar surface area (TPSA) is 27.1 Å². The quantitative estimate of drug-likeness (QED) is 0.791. The molecular formula is C15H17Cl2FN2O. The minimum atomic E-state index is -0.408. The van der Waals surface area contributed by atoms with Crippen LogP contribution in [0.2, 0.25) is 5.02 Å². The van der Waals surface area contributed by atoms with E-state index in [1.807, 2.05) is 0 Å². The van der Waals surface area contributed by atoms with Crippen molar-refractivity contribution >= 4 is 34.2 Å². The molecule has 0 bridgehead atoms. The summed E-state index contributed by atoms with van der Waals surface area (Å²) in [6, 6.07) is 3.06. The molecule has 1 aromatic carbocycles. The van der Waals surface area contributed by atoms with E-state index in [2.05, 4.69) is 9.55 Å². The van der Waals surface area contributed by atoms with Gasteiger partial charge in [-0.25, -0.2) is 9.37 Å². The summed E-state index contributed by atoms with van der Waals surface area (Å²) in [6.07, 6.45) is 2.71. The normalized spacial score (nSPS) is 16.7. The summed E-state index contributed by atoms with van der Waals surface area (Å²) < 4.78 is 21.3. The average molecular weight is 331 g/mol. The Labute approximate surface area is 133 Å². The van der Waals surface area contributed by atoms with Crippen LogP contribution < -0.4 is 0 Å². The minimum Gasteiger partial charge on any atom is -0.381 e. The molecule has 1 aliphatic rings. The van der Waals surface area contributed by atoms with Gasteiger partial charge < -0.3 is 9.30 Å². The fraction of sp³-hybridized carbons (Fsp3) is 0.533. The molecule has 0 aliphatic carbocycles. The maximum absolute atomic E-state index is 13.8. The van der Waals surface area contributed by atoms with Crippen LogP contribution in [0, 0.1) is 11.7 Å². The van der Waals surface area contributed by atoms with Gasteiger partial charge in [-0.2, -0.15) is 0 Å². The standard InChI is InChI=1S/C15H17Cl2FN2O/c16-4-1-15-19-13-7-11(17)12(18)8-14(13)20(15)9-10-2-5-21-6-3-10/h7-8,10H,1-6,9H2. The molecule has 114 valence electrons. The van der Waals surface area contributed by atoms with Crippen LogP contribution in [0.4, 0.5) is 4.39 Å². The number of aryl methyl sites for hydroxylation is 1. The molecule has 0 atom stereocenters. The van der Waals surface area contributed by atoms with Gasteiger partial charge in [-0.3, -0.25) is 0 Å². The summed E-state index contributed by atoms with van der Waals surface area (Å²) in [5, 5.41) is 0.107. The number of aromatic nitrogens is 2. The van der Waals surface area contributed by atoms with Gasteiger partial charge in [0.05, 0.1) is 16.1 Å². The van der Waals surface area contributed by atoms with Crippen LogP contribution in [-0.4, -0.2) is 28.6 Å². The summed E-state index contributed by atoms with van der Waals surface area (Å²) in [7, 11) is 0. The number of ether oxygens (including phenoxy) is 1. The highest BCUT2D eigenvalue weighted by molar-refractivity contribution is 6.31. The number of hydrogen-bond donors (Lipinski definition) is 0. The smallest absolute Gasteiger partial charge is 0.144 e. The third-order valence-electron chi connectivity index (χ3n) is 3.97. The van der Waals surface area contributed by atoms with Crippen molar-refractivity contribution in [3.8, 4) is 0 Å². The molecule has 21 heavy (non-hydrogen) atoms. The second kappa shape index (κ2) is 6.51. The van der Waals surface area contributed by atoms with E-state index >= 15 is 0 Å². The van der Waals surface area contributed by atoms with Crippen molar-refractivity contribution in [3.63, 3.8) is 0 Å². The number of imidazole rings is 1. The largest absolute Gasteiger partial charge is 0.381 e. The summed E-state index contributed by atoms with van der Waals surface area (Å²) in [5.41, 5.74) is 1.53. The van der Waals surface area contributed by atoms with Gasteiger partial charge in [-0.1, -0.05) is 11.6 Å². The second-order valence-corrected chi connectivity index (χ2v) is 6.17. The Kier molecular flexibility index (Phi) is 4.67. The number of hydrogen-bond acceptors (Lipinski definition) is 2. The molecule has 3 rings (SSSR count). The fourth-order valence-electron chi connectivity index (χ4n) is 2.84. The zero-order valence-electron chi connectivity index (χ0n) is 11.6. The maximum Gasteiger partial charge on any atom is 0.144 e. The van der Waals surface area contributed by atoms with Crippen molar-refractivity contribution in [1.82, 2.24) is 9.55 Å². The second-order valence-electron chi connectivity index (χ2n) is 5.39. The lowest BCUT2D eigenvalue weighted by Gasteiger charge is -2.23. The van der Waals surface area contributed by atoms with E-state index in [0.717, 1.165) is 49.5 Å². The Hall–Kier alpha value is -0.840. The minimum absolute atomic E-state index is 0.107. The number of nitrogens with zero attached hydrogens (tertiary/aromatic N) is 2. The van der Waals surface area contributed by atoms with Crippen molar-refractivity contribution in [2.45, 2.75) is 25.8 Å². The van der Waals surface area contributed by atoms with Crippen LogP contribution in [0.15, 0.2) is 12.1 Å². The molecule has 1 aromatic heterocycles. The maximum atomic E-state index is 13.8. The number of alkyl halides is 1. The van der Waals surface area contributed by atoms with Gasteiger partial charge in [-0.05, 0) is 24.8 Å². The molecule has 2 aromatic rings. The molecule has 3 nitrogen and oxygen atoms in total. The number of benzene rings is 1. The van der Waals surface area contributed by atoms with Crippen LogP contribution in [0.25, 0.3) is 11.0 Å². The van der Waals surface area contributed by atoms with Crippen LogP contribution in [-0.2, 0) is 17.7 Å². The Bertz CT molecular complexity index is 638. The van der Waals surface area contributed by atoms with Crippen molar-refractivity contribution in [3.05, 3.63) is 28.8 Å². The first-order valence-corrected chi connectivity index (χ1v) is 8.08. The van der Waals surface area contributed by atoms with E-state index in [1.165, 1.54) is 6.07 Å². The van der Waals surface area contributed by atoms with Gasteiger partial charge in [0.2, 0.25) is 0 Å². The van der Waals surface area contributed by atoms with Gasteiger partial charge in [0.1, 0.15) is 11.6 Å². The van der Waals surface area contributed by atoms with Crippen LogP contribution in [0.1, 0.15) is 18.7 Å². The predicted molar refractivity (Wildman–Crippen MR) is 82.7 cm³/mol. The lowest BCUT2D eigenvalue weighted by molar-refractivity contribution is 0.0613. The monoisotopic (exact) mass is 330 g/mol. The lowest BCUT2D eigenvalue weighted by atomic mass is 10.0. The van der Waals surface area contributed by atoms with Gasteiger partial charge in [0.15, 0.2) is 0 Å². The van der Waals surface area contributed by atoms with E-state index < -0.39 is 5.82 Å². The molecule has 1 aliphatic heterocycles. The van der Waals surface area contributed by atoms with Crippen LogP contribution in [0.5, 0.6) is 0 Å². The molecule has 0 saturated carbocycles. The first kappa shape index (κ1) is 15.1. The average Bonchev–Trinajstić information content (AvgIpc) is 2.79. The Morgan fingerprint density at radius 2 is 2.10 bits per heavy atom. The fourth-order valence-corrected chi connectivity index (χ4v) is 3.16. The number of halogens is 3. The van der Waals surface area contributed by atoms with E-state index in [-0.39, 0.29) is 5.02 Å². The van der Waals surface area contributed by atoms with Crippen molar-refractivity contribution in [2.24, 2.45) is 5.92 Å². The van der Waals surface area contributed by atoms with Crippen LogP contribution >= 0.6 is 23.2 Å². The molecule has 0 amide bonds. The number of fused-ring (bicyclic) bond motifs is 1. The molecule has 6 heteroatoms. The summed E-state index contributed by atoms with van der Waals surface area (Å²) in [6.45, 7) is 2.41. The van der Waals surface area contributed by atoms with Crippen molar-refractivity contribution in [1.29, 1.82) is 0 Å². The Morgan fingerprint density at radius 3 is 2.81 bits per heavy atom. The molecule has 0 spiro atoms. The first-order chi connectivity index (χ1) is 10.2. The molecule has 0 radical (unpaired) electrons. The highest BCUT2D eigenvalue weighted by Gasteiger charge is 2.19. The third-order valence-corrected chi connectivity index (χ3v) is 4.45. The van der Waals surface area contributed by atoms with Crippen molar-refractivity contribution in [2.75, 3.05) is 19.1 Å². The molecule has 1 saturated heterocycles. The van der Waals surface area contributed by atoms with E-state index in [1.54, 1.807) is 6.07 Å². The molecule has 2 heterocycles. The summed E-state index contributed by atoms with van der Waals surface area (Å²) >= 11 is 11.7. The zero-order chi connectivity index (χ0) is 14.8. The van der Waals surface area contributed by atoms with Crippen LogP contribution in [0.3, 0.4) is 0 Å². The summed E-state index contributed by atoms with van der Waals surface area (Å²) in [4.78, 5) is 4.57. The van der Waals surface area contributed by atoms with Gasteiger partial charge in [0.25, 0.3) is 0 Å². The Morgan fingerprint density at radius 1 is 1.33 bits per heavy atom. The molecular weight excluding hydrogens is 314 g/mol. The van der Waals surface area contributed by atoms with E-state index in [9.17, 15) is 4.39 Å². The number of rotatable bonds is 4. The highest BCUT2D eigenvalue weighted by Crippen LogP contribution is 2.27. The van der Waals surface area contributed by atoms with E-state index in [4.69, 9.17) is 27.9 Å². The van der Waals surface area contributed by atoms with Crippen molar-refractivity contribution < 1.29 is 9.13 Å². The summed E-state index contributed by atoms with van der Waals surface area (Å²) in [5.74, 6) is 1.51.